The predicted molar refractivity (Wildman–Crippen MR) is 97.3 cm³/mol. The molecule has 1 nitrogen and oxygen atoms in total. The third-order valence-corrected chi connectivity index (χ3v) is 5.14. The van der Waals surface area contributed by atoms with Crippen LogP contribution in [0.5, 0.6) is 0 Å². The molecule has 1 N–H and O–H groups in total. The Kier molecular flexibility index (Phi) is 2.89. The van der Waals surface area contributed by atoms with E-state index >= 15 is 0 Å². The summed E-state index contributed by atoms with van der Waals surface area (Å²) in [5.74, 6) is 0. The Morgan fingerprint density at radius 2 is 1.48 bits per heavy atom. The van der Waals surface area contributed by atoms with Crippen molar-refractivity contribution in [3.05, 3.63) is 70.1 Å². The van der Waals surface area contributed by atoms with Crippen LogP contribution in [-0.4, -0.2) is 0 Å². The van der Waals surface area contributed by atoms with E-state index in [0.29, 0.717) is 0 Å². The molecule has 1 heteroatoms. The first-order valence-electron chi connectivity index (χ1n) is 8.46. The molecule has 2 aliphatic rings. The lowest BCUT2D eigenvalue weighted by molar-refractivity contribution is 0.703. The van der Waals surface area contributed by atoms with Gasteiger partial charge in [0.15, 0.2) is 0 Å². The average Bonchev–Trinajstić information content (AvgIpc) is 2.81. The van der Waals surface area contributed by atoms with Gasteiger partial charge in [0.25, 0.3) is 0 Å². The highest BCUT2D eigenvalue weighted by Crippen LogP contribution is 2.34. The summed E-state index contributed by atoms with van der Waals surface area (Å²) >= 11 is 0. The van der Waals surface area contributed by atoms with Crippen LogP contribution in [0.25, 0.3) is 34.1 Å². The fourth-order valence-corrected chi connectivity index (χ4v) is 4.08. The highest BCUT2D eigenvalue weighted by atomic mass is 14.9. The molecule has 3 aromatic carbocycles. The van der Waals surface area contributed by atoms with Crippen molar-refractivity contribution in [2.45, 2.75) is 25.9 Å². The second-order valence-corrected chi connectivity index (χ2v) is 6.51. The van der Waals surface area contributed by atoms with E-state index in [1.165, 1.54) is 43.5 Å². The zero-order valence-corrected chi connectivity index (χ0v) is 13.1. The maximum absolute atomic E-state index is 3.61. The molecule has 0 amide bonds. The average molecular weight is 297 g/mol. The molecule has 112 valence electrons. The fourth-order valence-electron chi connectivity index (χ4n) is 4.08. The van der Waals surface area contributed by atoms with Gasteiger partial charge in [0.05, 0.1) is 0 Å². The lowest BCUT2D eigenvalue weighted by Crippen LogP contribution is -2.30. The van der Waals surface area contributed by atoms with Crippen LogP contribution in [0.3, 0.4) is 0 Å². The summed E-state index contributed by atoms with van der Waals surface area (Å²) in [6.07, 6.45) is 7.13. The molecule has 0 saturated carbocycles. The summed E-state index contributed by atoms with van der Waals surface area (Å²) in [6, 6.07) is 17.9. The van der Waals surface area contributed by atoms with Crippen LogP contribution in [0.15, 0.2) is 48.5 Å². The third-order valence-electron chi connectivity index (χ3n) is 5.14. The first-order valence-corrected chi connectivity index (χ1v) is 8.46. The summed E-state index contributed by atoms with van der Waals surface area (Å²) in [5, 5.41) is 9.15. The highest BCUT2D eigenvalue weighted by molar-refractivity contribution is 5.99. The molecule has 5 rings (SSSR count). The van der Waals surface area contributed by atoms with E-state index in [0.717, 1.165) is 25.9 Å². The normalized spacial score (nSPS) is 15.7. The largest absolute Gasteiger partial charge is 0.309 e. The number of fused-ring (bicyclic) bond motifs is 7. The SMILES string of the molecule is C1=c2ccc3c(c2=CCC1)-c1c(ccc2ccccc12)CNC3. The zero-order valence-electron chi connectivity index (χ0n) is 13.1. The molecule has 0 saturated heterocycles. The van der Waals surface area contributed by atoms with E-state index in [1.54, 1.807) is 0 Å². The minimum Gasteiger partial charge on any atom is -0.309 e. The first-order chi connectivity index (χ1) is 11.4. The minimum atomic E-state index is 0.938. The van der Waals surface area contributed by atoms with Crippen LogP contribution in [0.4, 0.5) is 0 Å². The van der Waals surface area contributed by atoms with Gasteiger partial charge in [-0.05, 0) is 56.3 Å². The van der Waals surface area contributed by atoms with Crippen molar-refractivity contribution in [3.8, 4) is 11.1 Å². The minimum absolute atomic E-state index is 0.938. The Labute approximate surface area is 136 Å². The predicted octanol–water partition coefficient (Wildman–Crippen LogP) is 3.46. The molecule has 0 fully saturated rings. The van der Waals surface area contributed by atoms with Crippen molar-refractivity contribution in [2.24, 2.45) is 0 Å². The van der Waals surface area contributed by atoms with Gasteiger partial charge >= 0.3 is 0 Å². The van der Waals surface area contributed by atoms with Crippen molar-refractivity contribution in [2.75, 3.05) is 0 Å². The van der Waals surface area contributed by atoms with Gasteiger partial charge in [0.2, 0.25) is 0 Å². The van der Waals surface area contributed by atoms with Gasteiger partial charge in [0, 0.05) is 13.1 Å². The molecule has 0 unspecified atom stereocenters. The highest BCUT2D eigenvalue weighted by Gasteiger charge is 2.18. The molecule has 1 heterocycles. The van der Waals surface area contributed by atoms with Gasteiger partial charge in [-0.1, -0.05) is 60.7 Å². The summed E-state index contributed by atoms with van der Waals surface area (Å²) in [4.78, 5) is 0. The first kappa shape index (κ1) is 13.1. The Bertz CT molecular complexity index is 1040. The van der Waals surface area contributed by atoms with Crippen LogP contribution in [0.1, 0.15) is 24.0 Å². The quantitative estimate of drug-likeness (QED) is 0.670. The van der Waals surface area contributed by atoms with Crippen LogP contribution < -0.4 is 15.8 Å². The van der Waals surface area contributed by atoms with Crippen LogP contribution >= 0.6 is 0 Å². The Morgan fingerprint density at radius 1 is 0.696 bits per heavy atom. The van der Waals surface area contributed by atoms with Crippen LogP contribution in [0, 0.1) is 0 Å². The topological polar surface area (TPSA) is 12.0 Å². The number of nitrogens with one attached hydrogen (secondary N) is 1. The Morgan fingerprint density at radius 3 is 2.43 bits per heavy atom. The standard InChI is InChI=1S/C22H19N/c1-3-7-19-15(5-1)9-11-17-13-23-14-18-12-10-16-6-2-4-8-20(16)22(18)21(17)19/h1,3,5-12,23H,2,4,13-14H2. The summed E-state index contributed by atoms with van der Waals surface area (Å²) in [5.41, 5.74) is 5.72. The second kappa shape index (κ2) is 5.07. The van der Waals surface area contributed by atoms with Crippen LogP contribution in [-0.2, 0) is 13.1 Å². The molecule has 3 aromatic rings. The molecule has 0 atom stereocenters. The zero-order chi connectivity index (χ0) is 15.2. The summed E-state index contributed by atoms with van der Waals surface area (Å²) < 4.78 is 0. The molecule has 0 radical (unpaired) electrons. The van der Waals surface area contributed by atoms with Gasteiger partial charge in [0.1, 0.15) is 0 Å². The molecule has 1 aliphatic heterocycles. The number of benzene rings is 3. The van der Waals surface area contributed by atoms with E-state index in [-0.39, 0.29) is 0 Å². The van der Waals surface area contributed by atoms with Gasteiger partial charge in [-0.3, -0.25) is 0 Å². The number of hydrogen-bond acceptors (Lipinski definition) is 1. The Balaban J connectivity index is 2.01. The van der Waals surface area contributed by atoms with Crippen molar-refractivity contribution >= 4 is 22.9 Å². The van der Waals surface area contributed by atoms with Gasteiger partial charge < -0.3 is 5.32 Å². The summed E-state index contributed by atoms with van der Waals surface area (Å²) in [7, 11) is 0. The van der Waals surface area contributed by atoms with Crippen molar-refractivity contribution in [1.82, 2.24) is 5.32 Å². The molecule has 0 bridgehead atoms. The van der Waals surface area contributed by atoms with E-state index in [2.05, 4.69) is 66.0 Å². The van der Waals surface area contributed by atoms with Gasteiger partial charge in [-0.25, -0.2) is 0 Å². The van der Waals surface area contributed by atoms with E-state index in [1.807, 2.05) is 0 Å². The monoisotopic (exact) mass is 297 g/mol. The fraction of sp³-hybridized carbons (Fsp3) is 0.182. The van der Waals surface area contributed by atoms with Crippen molar-refractivity contribution in [3.63, 3.8) is 0 Å². The van der Waals surface area contributed by atoms with Crippen molar-refractivity contribution in [1.29, 1.82) is 0 Å². The van der Waals surface area contributed by atoms with Crippen molar-refractivity contribution < 1.29 is 0 Å². The van der Waals surface area contributed by atoms with Gasteiger partial charge in [-0.2, -0.15) is 0 Å². The maximum Gasteiger partial charge on any atom is 0.0215 e. The van der Waals surface area contributed by atoms with Gasteiger partial charge in [-0.15, -0.1) is 0 Å². The van der Waals surface area contributed by atoms with E-state index in [9.17, 15) is 0 Å². The lowest BCUT2D eigenvalue weighted by atomic mass is 9.88. The molecule has 1 aliphatic carbocycles. The lowest BCUT2D eigenvalue weighted by Gasteiger charge is -2.15. The molecule has 23 heavy (non-hydrogen) atoms. The number of rotatable bonds is 0. The number of hydrogen-bond donors (Lipinski definition) is 1. The van der Waals surface area contributed by atoms with E-state index < -0.39 is 0 Å². The summed E-state index contributed by atoms with van der Waals surface area (Å²) in [6.45, 7) is 1.88. The third kappa shape index (κ3) is 1.97. The molecule has 0 spiro atoms. The Hall–Kier alpha value is -2.38. The molecular formula is C22H19N. The second-order valence-electron chi connectivity index (χ2n) is 6.51. The van der Waals surface area contributed by atoms with Crippen LogP contribution in [0.2, 0.25) is 0 Å². The molecular weight excluding hydrogens is 278 g/mol. The maximum atomic E-state index is 3.61. The van der Waals surface area contributed by atoms with E-state index in [4.69, 9.17) is 0 Å². The smallest absolute Gasteiger partial charge is 0.0215 e. The molecule has 0 aromatic heterocycles.